The molecule has 2 heterocycles. The van der Waals surface area contributed by atoms with E-state index in [0.717, 1.165) is 0 Å². The molecular formula is C11H15NO7. The molecule has 0 saturated carbocycles. The first kappa shape index (κ1) is 14.2. The number of rotatable bonds is 3. The second-order valence-corrected chi connectivity index (χ2v) is 4.47. The lowest BCUT2D eigenvalue weighted by Crippen LogP contribution is -2.59. The van der Waals surface area contributed by atoms with Gasteiger partial charge in [0.15, 0.2) is 17.9 Å². The summed E-state index contributed by atoms with van der Waals surface area (Å²) < 4.78 is 9.77. The van der Waals surface area contributed by atoms with Crippen LogP contribution in [0.4, 0.5) is 0 Å². The van der Waals surface area contributed by atoms with Crippen molar-refractivity contribution in [1.29, 1.82) is 0 Å². The Morgan fingerprint density at radius 3 is 2.74 bits per heavy atom. The van der Waals surface area contributed by atoms with Gasteiger partial charge in [-0.2, -0.15) is 0 Å². The molecule has 0 spiro atoms. The lowest BCUT2D eigenvalue weighted by Gasteiger charge is -2.31. The van der Waals surface area contributed by atoms with Crippen LogP contribution in [-0.4, -0.2) is 75.4 Å². The molecule has 3 unspecified atom stereocenters. The Morgan fingerprint density at radius 2 is 2.21 bits per heavy atom. The van der Waals surface area contributed by atoms with Gasteiger partial charge in [-0.25, -0.2) is 4.79 Å². The number of esters is 1. The third-order valence-electron chi connectivity index (χ3n) is 3.49. The molecule has 0 bridgehead atoms. The van der Waals surface area contributed by atoms with Gasteiger partial charge in [0.1, 0.15) is 12.2 Å². The summed E-state index contributed by atoms with van der Waals surface area (Å²) in [5.41, 5.74) is -2.20. The van der Waals surface area contributed by atoms with Gasteiger partial charge in [-0.1, -0.05) is 0 Å². The van der Waals surface area contributed by atoms with Gasteiger partial charge in [-0.15, -0.1) is 0 Å². The average molecular weight is 273 g/mol. The Balaban J connectivity index is 2.41. The number of likely N-dealkylation sites (tertiary alicyclic amines) is 1. The van der Waals surface area contributed by atoms with Gasteiger partial charge >= 0.3 is 5.97 Å². The summed E-state index contributed by atoms with van der Waals surface area (Å²) in [7, 11) is 0. The number of nitrogens with zero attached hydrogens (tertiary/aromatic N) is 1. The zero-order valence-electron chi connectivity index (χ0n) is 10.2. The molecule has 2 saturated heterocycles. The smallest absolute Gasteiger partial charge is 0.332 e. The van der Waals surface area contributed by atoms with E-state index >= 15 is 0 Å². The maximum atomic E-state index is 11.9. The lowest BCUT2D eigenvalue weighted by molar-refractivity contribution is -0.165. The molecule has 2 radical (unpaired) electrons. The van der Waals surface area contributed by atoms with Crippen molar-refractivity contribution in [3.8, 4) is 0 Å². The first-order valence-electron chi connectivity index (χ1n) is 5.78. The molecule has 3 N–H and O–H groups in total. The number of fused-ring (bicyclic) bond motifs is 1. The number of carbonyl (C=O) groups is 2. The molecule has 2 aliphatic heterocycles. The van der Waals surface area contributed by atoms with E-state index in [-0.39, 0.29) is 13.0 Å². The molecule has 0 aromatic rings. The van der Waals surface area contributed by atoms with Gasteiger partial charge < -0.3 is 24.8 Å². The van der Waals surface area contributed by atoms with Crippen LogP contribution in [-0.2, 0) is 19.1 Å². The summed E-state index contributed by atoms with van der Waals surface area (Å²) in [5.74, 6) is -0.949. The van der Waals surface area contributed by atoms with Gasteiger partial charge in [0.25, 0.3) is 0 Å². The maximum absolute atomic E-state index is 11.9. The normalized spacial score (nSPS) is 45.1. The summed E-state index contributed by atoms with van der Waals surface area (Å²) in [6.07, 6.45) is -5.69. The predicted octanol–water partition coefficient (Wildman–Crippen LogP) is -2.72. The summed E-state index contributed by atoms with van der Waals surface area (Å²) in [5, 5.41) is 30.2. The first-order valence-corrected chi connectivity index (χ1v) is 5.78. The molecule has 0 aromatic heterocycles. The van der Waals surface area contributed by atoms with Gasteiger partial charge in [0, 0.05) is 0 Å². The Morgan fingerprint density at radius 1 is 1.58 bits per heavy atom. The molecule has 19 heavy (non-hydrogen) atoms. The van der Waals surface area contributed by atoms with Gasteiger partial charge in [-0.3, -0.25) is 9.69 Å². The van der Waals surface area contributed by atoms with Crippen molar-refractivity contribution in [3.05, 3.63) is 6.92 Å². The highest BCUT2D eigenvalue weighted by Crippen LogP contribution is 2.44. The van der Waals surface area contributed by atoms with Crippen molar-refractivity contribution in [3.63, 3.8) is 0 Å². The minimum Gasteiger partial charge on any atom is -0.464 e. The molecule has 2 fully saturated rings. The number of hydrogen-bond acceptors (Lipinski definition) is 7. The molecule has 8 nitrogen and oxygen atoms in total. The molecule has 6 atom stereocenters. The topological polar surface area (TPSA) is 117 Å². The maximum Gasteiger partial charge on any atom is 0.332 e. The fourth-order valence-electron chi connectivity index (χ4n) is 2.61. The van der Waals surface area contributed by atoms with Crippen molar-refractivity contribution < 1.29 is 34.4 Å². The SMILES string of the molecule is [CH][C@@H]1O[C@H]2C(O)N(C=O)C(C(=O)OCC)[C@@]2(O)C1O. The van der Waals surface area contributed by atoms with Gasteiger partial charge in [0.05, 0.1) is 12.7 Å². The van der Waals surface area contributed by atoms with Crippen LogP contribution in [0.1, 0.15) is 6.92 Å². The molecule has 8 heteroatoms. The molecule has 106 valence electrons. The summed E-state index contributed by atoms with van der Waals surface area (Å²) in [6, 6.07) is -1.58. The van der Waals surface area contributed by atoms with Crippen molar-refractivity contribution in [2.75, 3.05) is 6.61 Å². The number of amides is 1. The Kier molecular flexibility index (Phi) is 3.52. The van der Waals surface area contributed by atoms with Gasteiger partial charge in [0.2, 0.25) is 6.41 Å². The Bertz CT molecular complexity index is 389. The largest absolute Gasteiger partial charge is 0.464 e. The third kappa shape index (κ3) is 1.75. The Hall–Kier alpha value is -1.22. The molecule has 0 aromatic carbocycles. The van der Waals surface area contributed by atoms with Crippen LogP contribution in [0.3, 0.4) is 0 Å². The minimum absolute atomic E-state index is 0.0158. The zero-order valence-corrected chi connectivity index (χ0v) is 10.2. The van der Waals surface area contributed by atoms with Crippen molar-refractivity contribution in [2.24, 2.45) is 0 Å². The zero-order chi connectivity index (χ0) is 14.4. The van der Waals surface area contributed by atoms with E-state index in [2.05, 4.69) is 0 Å². The summed E-state index contributed by atoms with van der Waals surface area (Å²) in [6.45, 7) is 7.00. The predicted molar refractivity (Wildman–Crippen MR) is 58.2 cm³/mol. The van der Waals surface area contributed by atoms with E-state index in [1.165, 1.54) is 0 Å². The second-order valence-electron chi connectivity index (χ2n) is 4.47. The number of ether oxygens (including phenoxy) is 2. The average Bonchev–Trinajstić information content (AvgIpc) is 2.72. The van der Waals surface area contributed by atoms with Crippen molar-refractivity contribution in [2.45, 2.75) is 43.1 Å². The molecule has 1 amide bonds. The minimum atomic E-state index is -2.20. The van der Waals surface area contributed by atoms with E-state index in [0.29, 0.717) is 4.90 Å². The fraction of sp³-hybridized carbons (Fsp3) is 0.727. The lowest BCUT2D eigenvalue weighted by atomic mass is 9.86. The molecule has 0 aliphatic carbocycles. The Labute approximate surface area is 109 Å². The van der Waals surface area contributed by atoms with Crippen LogP contribution < -0.4 is 0 Å². The van der Waals surface area contributed by atoms with E-state index in [1.807, 2.05) is 0 Å². The number of carbonyl (C=O) groups excluding carboxylic acids is 2. The quantitative estimate of drug-likeness (QED) is 0.378. The van der Waals surface area contributed by atoms with E-state index in [1.54, 1.807) is 6.92 Å². The van der Waals surface area contributed by atoms with Crippen LogP contribution in [0, 0.1) is 6.92 Å². The van der Waals surface area contributed by atoms with E-state index < -0.39 is 42.2 Å². The first-order chi connectivity index (χ1) is 8.89. The highest BCUT2D eigenvalue weighted by atomic mass is 16.6. The monoisotopic (exact) mass is 273 g/mol. The molecule has 2 rings (SSSR count). The van der Waals surface area contributed by atoms with Crippen LogP contribution in [0.5, 0.6) is 0 Å². The fourth-order valence-corrected chi connectivity index (χ4v) is 2.61. The summed E-state index contributed by atoms with van der Waals surface area (Å²) >= 11 is 0. The van der Waals surface area contributed by atoms with Crippen LogP contribution in [0.15, 0.2) is 0 Å². The third-order valence-corrected chi connectivity index (χ3v) is 3.49. The standard InChI is InChI=1S/C11H15NO7/c1-3-18-10(16)6-11(17)7(14)5(2)19-8(11)9(15)12(6)4-13/h2,4-9,14-15,17H,3H2,1H3/t5-,6?,7?,8-,9?,11+/m0/s1. The van der Waals surface area contributed by atoms with Crippen molar-refractivity contribution in [1.82, 2.24) is 4.90 Å². The highest BCUT2D eigenvalue weighted by molar-refractivity contribution is 5.81. The highest BCUT2D eigenvalue weighted by Gasteiger charge is 2.70. The molecular weight excluding hydrogens is 258 g/mol. The number of hydrogen-bond donors (Lipinski definition) is 3. The van der Waals surface area contributed by atoms with E-state index in [9.17, 15) is 24.9 Å². The van der Waals surface area contributed by atoms with Crippen LogP contribution in [0.2, 0.25) is 0 Å². The number of aliphatic hydroxyl groups excluding tert-OH is 2. The van der Waals surface area contributed by atoms with E-state index in [4.69, 9.17) is 16.4 Å². The number of aliphatic hydroxyl groups is 3. The second kappa shape index (κ2) is 4.71. The van der Waals surface area contributed by atoms with Crippen LogP contribution >= 0.6 is 0 Å². The molecule has 2 aliphatic rings. The van der Waals surface area contributed by atoms with Gasteiger partial charge in [-0.05, 0) is 13.8 Å². The summed E-state index contributed by atoms with van der Waals surface area (Å²) in [4.78, 5) is 23.5. The van der Waals surface area contributed by atoms with Crippen molar-refractivity contribution >= 4 is 12.4 Å². The van der Waals surface area contributed by atoms with Crippen LogP contribution in [0.25, 0.3) is 0 Å².